The molecular weight excluding hydrogens is 492 g/mol. The molecule has 0 amide bonds. The van der Waals surface area contributed by atoms with Gasteiger partial charge < -0.3 is 10.1 Å². The van der Waals surface area contributed by atoms with Gasteiger partial charge in [0.2, 0.25) is 0 Å². The highest BCUT2D eigenvalue weighted by Gasteiger charge is 2.39. The number of hydrogen-bond acceptors (Lipinski definition) is 4. The Morgan fingerprint density at radius 2 is 1.62 bits per heavy atom. The average Bonchev–Trinajstić information content (AvgIpc) is 3.00. The molecule has 0 spiro atoms. The predicted molar refractivity (Wildman–Crippen MR) is 163 cm³/mol. The summed E-state index contributed by atoms with van der Waals surface area (Å²) in [6.45, 7) is 2.90. The van der Waals surface area contributed by atoms with Gasteiger partial charge in [0.05, 0.1) is 23.9 Å². The molecule has 2 atom stereocenters. The Labute approximate surface area is 234 Å². The molecule has 5 aromatic rings. The van der Waals surface area contributed by atoms with E-state index in [1.807, 2.05) is 30.3 Å². The van der Waals surface area contributed by atoms with E-state index in [0.29, 0.717) is 6.42 Å². The molecule has 40 heavy (non-hydrogen) atoms. The maximum atomic E-state index is 14.1. The normalized spacial score (nSPS) is 18.4. The number of nitrogens with one attached hydrogen (secondary N) is 1. The molecule has 198 valence electrons. The fraction of sp³-hybridized carbons (Fsp3) is 0.222. The first-order valence-electron chi connectivity index (χ1n) is 14.3. The van der Waals surface area contributed by atoms with Crippen LogP contribution in [0.15, 0.2) is 103 Å². The van der Waals surface area contributed by atoms with Crippen molar-refractivity contribution in [3.05, 3.63) is 119 Å². The number of nitrogens with zero attached hydrogens (tertiary/aromatic N) is 1. The van der Waals surface area contributed by atoms with Crippen molar-refractivity contribution < 1.29 is 9.53 Å². The molecule has 4 nitrogen and oxygen atoms in total. The van der Waals surface area contributed by atoms with Crippen LogP contribution >= 0.6 is 0 Å². The zero-order valence-electron chi connectivity index (χ0n) is 22.7. The zero-order chi connectivity index (χ0) is 27.1. The van der Waals surface area contributed by atoms with Crippen LogP contribution in [0.5, 0.6) is 5.75 Å². The van der Waals surface area contributed by atoms with Gasteiger partial charge >= 0.3 is 0 Å². The van der Waals surface area contributed by atoms with Crippen LogP contribution in [0.1, 0.15) is 61.4 Å². The fourth-order valence-corrected chi connectivity index (χ4v) is 6.32. The van der Waals surface area contributed by atoms with Crippen LogP contribution in [0.2, 0.25) is 0 Å². The van der Waals surface area contributed by atoms with Gasteiger partial charge in [-0.2, -0.15) is 0 Å². The molecule has 0 fully saturated rings. The van der Waals surface area contributed by atoms with E-state index in [4.69, 9.17) is 9.72 Å². The summed E-state index contributed by atoms with van der Waals surface area (Å²) in [7, 11) is 0. The van der Waals surface area contributed by atoms with Crippen LogP contribution in [0, 0.1) is 0 Å². The van der Waals surface area contributed by atoms with Gasteiger partial charge in [0, 0.05) is 28.6 Å². The van der Waals surface area contributed by atoms with Crippen LogP contribution in [0.3, 0.4) is 0 Å². The number of ketones is 1. The third kappa shape index (κ3) is 4.34. The van der Waals surface area contributed by atoms with Crippen LogP contribution < -0.4 is 10.1 Å². The van der Waals surface area contributed by atoms with E-state index in [0.717, 1.165) is 70.6 Å². The lowest BCUT2D eigenvalue weighted by molar-refractivity contribution is -0.116. The monoisotopic (exact) mass is 524 g/mol. The lowest BCUT2D eigenvalue weighted by Gasteiger charge is -2.37. The molecule has 1 aromatic heterocycles. The molecule has 2 unspecified atom stereocenters. The molecule has 4 aromatic carbocycles. The largest absolute Gasteiger partial charge is 0.494 e. The quantitative estimate of drug-likeness (QED) is 0.226. The molecule has 7 rings (SSSR count). The van der Waals surface area contributed by atoms with Crippen molar-refractivity contribution in [2.24, 2.45) is 0 Å². The number of fused-ring (bicyclic) bond motifs is 5. The maximum Gasteiger partial charge on any atom is 0.162 e. The molecule has 0 bridgehead atoms. The predicted octanol–water partition coefficient (Wildman–Crippen LogP) is 8.63. The first-order valence-corrected chi connectivity index (χ1v) is 14.3. The Morgan fingerprint density at radius 3 is 2.48 bits per heavy atom. The van der Waals surface area contributed by atoms with E-state index < -0.39 is 0 Å². The lowest BCUT2D eigenvalue weighted by Crippen LogP contribution is -2.30. The van der Waals surface area contributed by atoms with Crippen LogP contribution in [-0.4, -0.2) is 17.4 Å². The number of unbranched alkanes of at least 4 members (excludes halogenated alkanes) is 1. The highest BCUT2D eigenvalue weighted by molar-refractivity contribution is 6.13. The standard InChI is InChI=1S/C36H32N2O2/c1-2-3-20-40-27-16-12-23(13-17-27)26-21-29-34-28-10-6-4-8-24(28)14-18-31(34)38-36(35(29)33(39)22-26)32-19-15-25-9-5-7-11-30(25)37-32/h4-19,26,36,38H,2-3,20-22H2,1H3. The number of carbonyl (C=O) groups is 1. The topological polar surface area (TPSA) is 51.2 Å². The van der Waals surface area contributed by atoms with Gasteiger partial charge in [0.1, 0.15) is 5.75 Å². The summed E-state index contributed by atoms with van der Waals surface area (Å²) in [4.78, 5) is 19.1. The van der Waals surface area contributed by atoms with E-state index in [-0.39, 0.29) is 17.7 Å². The molecule has 1 N–H and O–H groups in total. The summed E-state index contributed by atoms with van der Waals surface area (Å²) in [5, 5.41) is 7.19. The van der Waals surface area contributed by atoms with Gasteiger partial charge in [-0.3, -0.25) is 9.78 Å². The summed E-state index contributed by atoms with van der Waals surface area (Å²) < 4.78 is 5.89. The molecule has 0 radical (unpaired) electrons. The first kappa shape index (κ1) is 24.6. The minimum Gasteiger partial charge on any atom is -0.494 e. The Balaban J connectivity index is 1.33. The molecular formula is C36H32N2O2. The number of hydrogen-bond donors (Lipinski definition) is 1. The number of pyridine rings is 1. The number of Topliss-reactive ketones (excluding diaryl/α,β-unsaturated/α-hetero) is 1. The summed E-state index contributed by atoms with van der Waals surface area (Å²) >= 11 is 0. The average molecular weight is 525 g/mol. The second-order valence-corrected chi connectivity index (χ2v) is 10.9. The van der Waals surface area contributed by atoms with Crippen molar-refractivity contribution in [3.8, 4) is 5.75 Å². The van der Waals surface area contributed by atoms with Gasteiger partial charge in [0.25, 0.3) is 0 Å². The van der Waals surface area contributed by atoms with Crippen molar-refractivity contribution in [3.63, 3.8) is 0 Å². The molecule has 2 heterocycles. The SMILES string of the molecule is CCCCOc1ccc(C2CC(=O)C3=C(C2)c2c(ccc4ccccc24)NC3c2ccc3ccccc3n2)cc1. The smallest absolute Gasteiger partial charge is 0.162 e. The van der Waals surface area contributed by atoms with Crippen LogP contribution in [0.25, 0.3) is 27.2 Å². The second kappa shape index (κ2) is 10.3. The number of allylic oxidation sites excluding steroid dienone is 1. The number of rotatable bonds is 6. The third-order valence-corrected chi connectivity index (χ3v) is 8.36. The van der Waals surface area contributed by atoms with Crippen molar-refractivity contribution in [1.29, 1.82) is 0 Å². The number of para-hydroxylation sites is 1. The summed E-state index contributed by atoms with van der Waals surface area (Å²) in [5.41, 5.74) is 7.23. The van der Waals surface area contributed by atoms with Gasteiger partial charge in [-0.25, -0.2) is 0 Å². The number of anilines is 1. The third-order valence-electron chi connectivity index (χ3n) is 8.36. The lowest BCUT2D eigenvalue weighted by atomic mass is 9.72. The number of ether oxygens (including phenoxy) is 1. The fourth-order valence-electron chi connectivity index (χ4n) is 6.32. The Hall–Kier alpha value is -4.44. The summed E-state index contributed by atoms with van der Waals surface area (Å²) in [5.74, 6) is 1.20. The highest BCUT2D eigenvalue weighted by Crippen LogP contribution is 2.50. The van der Waals surface area contributed by atoms with Crippen molar-refractivity contribution >= 4 is 38.7 Å². The Morgan fingerprint density at radius 1 is 0.850 bits per heavy atom. The maximum absolute atomic E-state index is 14.1. The number of carbonyl (C=O) groups excluding carboxylic acids is 1. The van der Waals surface area contributed by atoms with E-state index in [1.54, 1.807) is 0 Å². The minimum absolute atomic E-state index is 0.117. The van der Waals surface area contributed by atoms with Crippen molar-refractivity contribution in [2.45, 2.75) is 44.6 Å². The van der Waals surface area contributed by atoms with Gasteiger partial charge in [-0.1, -0.05) is 80.1 Å². The molecule has 0 saturated carbocycles. The van der Waals surface area contributed by atoms with Crippen molar-refractivity contribution in [2.75, 3.05) is 11.9 Å². The van der Waals surface area contributed by atoms with Gasteiger partial charge in [0.15, 0.2) is 5.78 Å². The Bertz CT molecular complexity index is 1770. The molecule has 0 saturated heterocycles. The van der Waals surface area contributed by atoms with Gasteiger partial charge in [-0.15, -0.1) is 0 Å². The van der Waals surface area contributed by atoms with E-state index >= 15 is 0 Å². The van der Waals surface area contributed by atoms with E-state index in [2.05, 4.69) is 79.0 Å². The van der Waals surface area contributed by atoms with Crippen LogP contribution in [0.4, 0.5) is 5.69 Å². The number of aromatic nitrogens is 1. The number of benzene rings is 4. The van der Waals surface area contributed by atoms with E-state index in [1.165, 1.54) is 16.3 Å². The summed E-state index contributed by atoms with van der Waals surface area (Å²) in [6, 6.07) is 33.2. The second-order valence-electron chi connectivity index (χ2n) is 10.9. The summed E-state index contributed by atoms with van der Waals surface area (Å²) in [6.07, 6.45) is 3.45. The van der Waals surface area contributed by atoms with Crippen LogP contribution in [-0.2, 0) is 4.79 Å². The Kier molecular flexibility index (Phi) is 6.31. The molecule has 4 heteroatoms. The molecule has 1 aliphatic heterocycles. The highest BCUT2D eigenvalue weighted by atomic mass is 16.5. The zero-order valence-corrected chi connectivity index (χ0v) is 22.7. The first-order chi connectivity index (χ1) is 19.7. The van der Waals surface area contributed by atoms with E-state index in [9.17, 15) is 4.79 Å². The van der Waals surface area contributed by atoms with Crippen molar-refractivity contribution in [1.82, 2.24) is 4.98 Å². The minimum atomic E-state index is -0.281. The molecule has 2 aliphatic rings. The van der Waals surface area contributed by atoms with Gasteiger partial charge in [-0.05, 0) is 71.0 Å². The molecule has 1 aliphatic carbocycles.